The maximum Gasteiger partial charge on any atom is 0.145 e. The Bertz CT molecular complexity index is 2000. The molecule has 4 heteroatoms. The number of benzene rings is 4. The number of rotatable bonds is 4. The van der Waals surface area contributed by atoms with Crippen LogP contribution in [0.3, 0.4) is 0 Å². The average Bonchev–Trinajstić information content (AvgIpc) is 3.36. The Hall–Kier alpha value is -4.70. The first-order valence-electron chi connectivity index (χ1n) is 13.0. The number of hydrogen-bond acceptors (Lipinski definition) is 3. The number of hydrogen-bond donors (Lipinski definition) is 1. The molecule has 0 bridgehead atoms. The minimum absolute atomic E-state index is 0.758. The van der Waals surface area contributed by atoms with Crippen molar-refractivity contribution >= 4 is 43.6 Å². The van der Waals surface area contributed by atoms with Crippen molar-refractivity contribution in [3.63, 3.8) is 0 Å². The molecule has 0 radical (unpaired) electrons. The van der Waals surface area contributed by atoms with Crippen LogP contribution in [0.1, 0.15) is 18.1 Å². The van der Waals surface area contributed by atoms with Crippen LogP contribution in [-0.2, 0) is 6.42 Å². The molecule has 4 nitrogen and oxygen atoms in total. The van der Waals surface area contributed by atoms with Crippen molar-refractivity contribution in [2.24, 2.45) is 0 Å². The zero-order valence-corrected chi connectivity index (χ0v) is 21.7. The molecule has 1 N–H and O–H groups in total. The molecule has 0 atom stereocenters. The van der Waals surface area contributed by atoms with Crippen LogP contribution in [0.4, 0.5) is 0 Å². The molecule has 0 saturated carbocycles. The Morgan fingerprint density at radius 3 is 2.21 bits per heavy atom. The predicted octanol–water partition coefficient (Wildman–Crippen LogP) is 8.63. The van der Waals surface area contributed by atoms with Crippen molar-refractivity contribution in [1.82, 2.24) is 15.0 Å². The summed E-state index contributed by atoms with van der Waals surface area (Å²) in [5.41, 5.74) is 10.4. The first-order chi connectivity index (χ1) is 18.7. The molecular weight excluding hydrogens is 466 g/mol. The van der Waals surface area contributed by atoms with Gasteiger partial charge in [-0.25, -0.2) is 9.97 Å². The number of methoxy groups -OCH3 is 1. The summed E-state index contributed by atoms with van der Waals surface area (Å²) in [4.78, 5) is 14.5. The molecule has 0 amide bonds. The molecule has 3 heterocycles. The fourth-order valence-electron chi connectivity index (χ4n) is 5.79. The van der Waals surface area contributed by atoms with E-state index in [0.717, 1.165) is 67.6 Å². The Morgan fingerprint density at radius 1 is 0.684 bits per heavy atom. The van der Waals surface area contributed by atoms with Crippen molar-refractivity contribution in [3.8, 4) is 28.3 Å². The summed E-state index contributed by atoms with van der Waals surface area (Å²) in [6.45, 7) is 4.33. The van der Waals surface area contributed by atoms with Gasteiger partial charge in [0.2, 0.25) is 0 Å². The number of para-hydroxylation sites is 2. The van der Waals surface area contributed by atoms with Gasteiger partial charge < -0.3 is 9.72 Å². The second-order valence-electron chi connectivity index (χ2n) is 9.75. The smallest absolute Gasteiger partial charge is 0.145 e. The fourth-order valence-corrected chi connectivity index (χ4v) is 5.79. The monoisotopic (exact) mass is 493 g/mol. The molecule has 0 aliphatic carbocycles. The molecular formula is C34H27N3O. The SMILES string of the molecule is CCc1cccc2c1[nH]c1c(-c3ccccc3)nc3c(-c4ccccc4C)nc4c(OC)cccc4c3c12. The zero-order chi connectivity index (χ0) is 25.8. The zero-order valence-electron chi connectivity index (χ0n) is 21.7. The van der Waals surface area contributed by atoms with Gasteiger partial charge in [0, 0.05) is 38.2 Å². The van der Waals surface area contributed by atoms with Gasteiger partial charge in [0.25, 0.3) is 0 Å². The van der Waals surface area contributed by atoms with Crippen LogP contribution in [0.2, 0.25) is 0 Å². The summed E-state index contributed by atoms with van der Waals surface area (Å²) >= 11 is 0. The molecule has 0 spiro atoms. The standard InChI is InChI=1S/C34H27N3O/c1-4-21-15-10-17-24-27-28-25-18-11-19-26(38-3)31(25)37-32(23-16-9-8-12-20(23)2)34(28)36-30(33(27)35-29(21)24)22-13-6-5-7-14-22/h5-19,35H,4H2,1-3H3. The number of H-pyrrole nitrogens is 1. The van der Waals surface area contributed by atoms with Crippen LogP contribution in [0.25, 0.3) is 66.1 Å². The summed E-state index contributed by atoms with van der Waals surface area (Å²) < 4.78 is 5.82. The lowest BCUT2D eigenvalue weighted by Gasteiger charge is -2.15. The normalized spacial score (nSPS) is 11.7. The molecule has 7 rings (SSSR count). The maximum atomic E-state index is 5.82. The first-order valence-corrected chi connectivity index (χ1v) is 13.0. The van der Waals surface area contributed by atoms with Gasteiger partial charge in [0.1, 0.15) is 11.3 Å². The van der Waals surface area contributed by atoms with Crippen LogP contribution in [0, 0.1) is 6.92 Å². The molecule has 4 aromatic carbocycles. The number of fused-ring (bicyclic) bond motifs is 7. The van der Waals surface area contributed by atoms with Crippen LogP contribution in [-0.4, -0.2) is 22.1 Å². The summed E-state index contributed by atoms with van der Waals surface area (Å²) in [5, 5.41) is 4.52. The topological polar surface area (TPSA) is 50.8 Å². The lowest BCUT2D eigenvalue weighted by molar-refractivity contribution is 0.419. The lowest BCUT2D eigenvalue weighted by Crippen LogP contribution is -1.98. The molecule has 0 aliphatic rings. The average molecular weight is 494 g/mol. The lowest BCUT2D eigenvalue weighted by atomic mass is 9.95. The number of pyridine rings is 2. The summed E-state index contributed by atoms with van der Waals surface area (Å²) in [6, 6.07) is 31.6. The molecule has 0 aliphatic heterocycles. The van der Waals surface area contributed by atoms with Crippen molar-refractivity contribution in [2.75, 3.05) is 7.11 Å². The van der Waals surface area contributed by atoms with Crippen LogP contribution < -0.4 is 4.74 Å². The van der Waals surface area contributed by atoms with E-state index in [-0.39, 0.29) is 0 Å². The largest absolute Gasteiger partial charge is 0.494 e. The molecule has 0 saturated heterocycles. The van der Waals surface area contributed by atoms with E-state index in [0.29, 0.717) is 0 Å². The molecule has 7 aromatic rings. The van der Waals surface area contributed by atoms with Gasteiger partial charge in [-0.2, -0.15) is 0 Å². The number of nitrogens with one attached hydrogen (secondary N) is 1. The highest BCUT2D eigenvalue weighted by Crippen LogP contribution is 2.44. The van der Waals surface area contributed by atoms with E-state index in [9.17, 15) is 0 Å². The Labute approximate surface area is 220 Å². The minimum atomic E-state index is 0.758. The van der Waals surface area contributed by atoms with Crippen molar-refractivity contribution in [2.45, 2.75) is 20.3 Å². The summed E-state index contributed by atoms with van der Waals surface area (Å²) in [5.74, 6) is 0.758. The van der Waals surface area contributed by atoms with E-state index < -0.39 is 0 Å². The van der Waals surface area contributed by atoms with Gasteiger partial charge in [-0.3, -0.25) is 0 Å². The number of aromatic nitrogens is 3. The number of aryl methyl sites for hydroxylation is 2. The number of ether oxygens (including phenoxy) is 1. The van der Waals surface area contributed by atoms with E-state index in [1.54, 1.807) is 7.11 Å². The maximum absolute atomic E-state index is 5.82. The second-order valence-corrected chi connectivity index (χ2v) is 9.75. The highest BCUT2D eigenvalue weighted by Gasteiger charge is 2.23. The summed E-state index contributed by atoms with van der Waals surface area (Å²) in [6.07, 6.45) is 0.945. The van der Waals surface area contributed by atoms with Crippen molar-refractivity contribution < 1.29 is 4.74 Å². The number of nitrogens with zero attached hydrogens (tertiary/aromatic N) is 2. The van der Waals surface area contributed by atoms with E-state index in [4.69, 9.17) is 14.7 Å². The first kappa shape index (κ1) is 22.5. The predicted molar refractivity (Wildman–Crippen MR) is 158 cm³/mol. The van der Waals surface area contributed by atoms with E-state index in [2.05, 4.69) is 91.6 Å². The van der Waals surface area contributed by atoms with E-state index >= 15 is 0 Å². The van der Waals surface area contributed by atoms with Gasteiger partial charge in [-0.15, -0.1) is 0 Å². The fraction of sp³-hybridized carbons (Fsp3) is 0.118. The Morgan fingerprint density at radius 2 is 1.42 bits per heavy atom. The van der Waals surface area contributed by atoms with Gasteiger partial charge >= 0.3 is 0 Å². The van der Waals surface area contributed by atoms with E-state index in [1.165, 1.54) is 21.9 Å². The quantitative estimate of drug-likeness (QED) is 0.250. The third kappa shape index (κ3) is 3.23. The summed E-state index contributed by atoms with van der Waals surface area (Å²) in [7, 11) is 1.71. The second kappa shape index (κ2) is 8.70. The highest BCUT2D eigenvalue weighted by atomic mass is 16.5. The third-order valence-corrected chi connectivity index (χ3v) is 7.63. The van der Waals surface area contributed by atoms with Crippen LogP contribution >= 0.6 is 0 Å². The molecule has 0 fully saturated rings. The van der Waals surface area contributed by atoms with Crippen molar-refractivity contribution in [1.29, 1.82) is 0 Å². The van der Waals surface area contributed by atoms with E-state index in [1.807, 2.05) is 18.2 Å². The van der Waals surface area contributed by atoms with Crippen molar-refractivity contribution in [3.05, 3.63) is 102 Å². The Kier molecular flexibility index (Phi) is 5.15. The molecule has 184 valence electrons. The highest BCUT2D eigenvalue weighted by molar-refractivity contribution is 6.30. The van der Waals surface area contributed by atoms with Gasteiger partial charge in [-0.05, 0) is 30.5 Å². The van der Waals surface area contributed by atoms with Crippen LogP contribution in [0.5, 0.6) is 5.75 Å². The molecule has 38 heavy (non-hydrogen) atoms. The van der Waals surface area contributed by atoms with Gasteiger partial charge in [-0.1, -0.05) is 91.9 Å². The third-order valence-electron chi connectivity index (χ3n) is 7.63. The Balaban J connectivity index is 1.80. The van der Waals surface area contributed by atoms with Gasteiger partial charge in [0.15, 0.2) is 0 Å². The minimum Gasteiger partial charge on any atom is -0.494 e. The molecule has 3 aromatic heterocycles. The van der Waals surface area contributed by atoms with Gasteiger partial charge in [0.05, 0.1) is 29.5 Å². The number of aromatic amines is 1. The molecule has 0 unspecified atom stereocenters. The van der Waals surface area contributed by atoms with Crippen LogP contribution in [0.15, 0.2) is 91.0 Å².